The Morgan fingerprint density at radius 1 is 0.824 bits per heavy atom. The van der Waals surface area contributed by atoms with Gasteiger partial charge in [-0.2, -0.15) is 0 Å². The topological polar surface area (TPSA) is 73.4 Å². The van der Waals surface area contributed by atoms with E-state index in [-0.39, 0.29) is 5.91 Å². The molecule has 1 aromatic heterocycles. The molecule has 0 radical (unpaired) electrons. The van der Waals surface area contributed by atoms with Crippen LogP contribution in [0.2, 0.25) is 5.02 Å². The van der Waals surface area contributed by atoms with Crippen molar-refractivity contribution < 1.29 is 23.7 Å². The molecule has 0 atom stereocenters. The average Bonchev–Trinajstić information content (AvgIpc) is 3.16. The molecule has 6 rings (SSSR count). The second-order valence-electron chi connectivity index (χ2n) is 12.4. The minimum absolute atomic E-state index is 0.00723. The second-order valence-corrected chi connectivity index (χ2v) is 12.8. The number of aromatic nitrogens is 1. The molecule has 1 aliphatic heterocycles. The second kappa shape index (κ2) is 17.6. The van der Waals surface area contributed by atoms with E-state index in [2.05, 4.69) is 53.2 Å². The van der Waals surface area contributed by atoms with Crippen molar-refractivity contribution in [2.45, 2.75) is 26.5 Å². The third kappa shape index (κ3) is 10.4. The van der Waals surface area contributed by atoms with Gasteiger partial charge in [-0.25, -0.2) is 4.98 Å². The van der Waals surface area contributed by atoms with E-state index in [4.69, 9.17) is 30.5 Å². The summed E-state index contributed by atoms with van der Waals surface area (Å²) in [5.74, 6) is 2.93. The number of piperazine rings is 1. The highest BCUT2D eigenvalue weighted by Gasteiger charge is 2.20. The van der Waals surface area contributed by atoms with Gasteiger partial charge in [-0.05, 0) is 66.1 Å². The smallest absolute Gasteiger partial charge is 0.246 e. The van der Waals surface area contributed by atoms with Crippen LogP contribution in [0.3, 0.4) is 0 Å². The van der Waals surface area contributed by atoms with Crippen molar-refractivity contribution in [2.24, 2.45) is 0 Å². The number of carbonyl (C=O) groups excluding carboxylic acids is 1. The molecule has 1 fully saturated rings. The summed E-state index contributed by atoms with van der Waals surface area (Å²) in [4.78, 5) is 21.7. The summed E-state index contributed by atoms with van der Waals surface area (Å²) >= 11 is 6.22. The van der Waals surface area contributed by atoms with Gasteiger partial charge in [0, 0.05) is 61.9 Å². The third-order valence-corrected chi connectivity index (χ3v) is 9.04. The van der Waals surface area contributed by atoms with Crippen LogP contribution in [0.4, 0.5) is 0 Å². The van der Waals surface area contributed by atoms with Crippen LogP contribution in [-0.2, 0) is 24.4 Å². The number of rotatable bonds is 14. The van der Waals surface area contributed by atoms with Crippen LogP contribution >= 0.6 is 11.6 Å². The lowest BCUT2D eigenvalue weighted by molar-refractivity contribution is -0.127. The number of aryl methyl sites for hydroxylation is 1. The van der Waals surface area contributed by atoms with Crippen LogP contribution in [0, 0.1) is 6.92 Å². The standard InChI is InChI=1S/C42H42ClN3O5/c1-31-7-15-36(16-8-31)49-26-21-32-9-11-34(12-10-32)29-45-22-24-46(25-23-45)42(47)20-14-33-13-18-39(40(27-33)48-2)51-41-19-17-37(28-44-41)50-30-35-5-3-4-6-38(35)43/h3-20,27-28H,21-26,29-30H2,1-2H3/b20-14+. The number of benzene rings is 4. The molecule has 8 nitrogen and oxygen atoms in total. The number of ether oxygens (including phenoxy) is 4. The van der Waals surface area contributed by atoms with Crippen LogP contribution in [0.1, 0.15) is 27.8 Å². The fraction of sp³-hybridized carbons (Fsp3) is 0.238. The van der Waals surface area contributed by atoms with Gasteiger partial charge in [-0.1, -0.05) is 77.8 Å². The van der Waals surface area contributed by atoms with Gasteiger partial charge in [0.2, 0.25) is 11.8 Å². The summed E-state index contributed by atoms with van der Waals surface area (Å²) in [5.41, 5.74) is 5.48. The number of hydrogen-bond donors (Lipinski definition) is 0. The number of carbonyl (C=O) groups is 1. The molecule has 9 heteroatoms. The van der Waals surface area contributed by atoms with Crippen LogP contribution in [0.5, 0.6) is 28.9 Å². The van der Waals surface area contributed by atoms with E-state index in [9.17, 15) is 4.79 Å². The molecule has 4 aromatic carbocycles. The van der Waals surface area contributed by atoms with E-state index in [1.807, 2.05) is 53.4 Å². The molecule has 0 saturated carbocycles. The van der Waals surface area contributed by atoms with Crippen LogP contribution in [0.15, 0.2) is 115 Å². The zero-order chi connectivity index (χ0) is 35.4. The molecule has 2 heterocycles. The predicted octanol–water partition coefficient (Wildman–Crippen LogP) is 8.40. The normalized spacial score (nSPS) is 13.3. The number of hydrogen-bond acceptors (Lipinski definition) is 7. The van der Waals surface area contributed by atoms with Gasteiger partial charge in [0.05, 0.1) is 19.9 Å². The Bertz CT molecular complexity index is 1910. The first-order chi connectivity index (χ1) is 24.9. The Morgan fingerprint density at radius 2 is 1.57 bits per heavy atom. The highest BCUT2D eigenvalue weighted by molar-refractivity contribution is 6.31. The summed E-state index contributed by atoms with van der Waals surface area (Å²) in [6.45, 7) is 6.95. The van der Waals surface area contributed by atoms with Crippen molar-refractivity contribution in [3.05, 3.63) is 148 Å². The Labute approximate surface area is 304 Å². The lowest BCUT2D eigenvalue weighted by Crippen LogP contribution is -2.47. The number of methoxy groups -OCH3 is 1. The molecule has 0 aliphatic carbocycles. The third-order valence-electron chi connectivity index (χ3n) is 8.68. The van der Waals surface area contributed by atoms with Crippen LogP contribution in [-0.4, -0.2) is 60.6 Å². The molecular formula is C42H42ClN3O5. The minimum Gasteiger partial charge on any atom is -0.493 e. The van der Waals surface area contributed by atoms with Crippen molar-refractivity contribution in [2.75, 3.05) is 39.9 Å². The molecule has 1 aliphatic rings. The van der Waals surface area contributed by atoms with Crippen molar-refractivity contribution >= 4 is 23.6 Å². The first-order valence-corrected chi connectivity index (χ1v) is 17.4. The molecule has 262 valence electrons. The molecule has 1 saturated heterocycles. The Morgan fingerprint density at radius 3 is 2.29 bits per heavy atom. The molecule has 0 N–H and O–H groups in total. The summed E-state index contributed by atoms with van der Waals surface area (Å²) in [5, 5.41) is 0.657. The zero-order valence-corrected chi connectivity index (χ0v) is 29.7. The summed E-state index contributed by atoms with van der Waals surface area (Å²) < 4.78 is 23.3. The van der Waals surface area contributed by atoms with Crippen molar-refractivity contribution in [1.29, 1.82) is 0 Å². The van der Waals surface area contributed by atoms with Gasteiger partial charge in [0.25, 0.3) is 0 Å². The number of halogens is 1. The maximum Gasteiger partial charge on any atom is 0.246 e. The summed E-state index contributed by atoms with van der Waals surface area (Å²) in [7, 11) is 1.58. The summed E-state index contributed by atoms with van der Waals surface area (Å²) in [6, 6.07) is 33.5. The van der Waals surface area contributed by atoms with Crippen molar-refractivity contribution in [3.8, 4) is 28.9 Å². The Kier molecular flexibility index (Phi) is 12.2. The molecule has 0 spiro atoms. The monoisotopic (exact) mass is 703 g/mol. The maximum atomic E-state index is 13.0. The molecule has 51 heavy (non-hydrogen) atoms. The van der Waals surface area contributed by atoms with E-state index >= 15 is 0 Å². The Balaban J connectivity index is 0.931. The van der Waals surface area contributed by atoms with Crippen molar-refractivity contribution in [1.82, 2.24) is 14.8 Å². The molecular weight excluding hydrogens is 662 g/mol. The van der Waals surface area contributed by atoms with Gasteiger partial charge in [0.1, 0.15) is 18.1 Å². The Hall–Kier alpha value is -5.31. The van der Waals surface area contributed by atoms with Crippen LogP contribution < -0.4 is 18.9 Å². The maximum absolute atomic E-state index is 13.0. The summed E-state index contributed by atoms with van der Waals surface area (Å²) in [6.07, 6.45) is 5.89. The van der Waals surface area contributed by atoms with E-state index in [1.54, 1.807) is 43.7 Å². The first-order valence-electron chi connectivity index (χ1n) is 17.1. The van der Waals surface area contributed by atoms with E-state index in [0.717, 1.165) is 42.9 Å². The van der Waals surface area contributed by atoms with Crippen LogP contribution in [0.25, 0.3) is 6.08 Å². The minimum atomic E-state index is -0.00723. The SMILES string of the molecule is COc1cc(/C=C/C(=O)N2CCN(Cc3ccc(CCOc4ccc(C)cc4)cc3)CC2)ccc1Oc1ccc(OCc2ccccc2Cl)cn1. The first kappa shape index (κ1) is 35.5. The van der Waals surface area contributed by atoms with Crippen molar-refractivity contribution in [3.63, 3.8) is 0 Å². The largest absolute Gasteiger partial charge is 0.493 e. The number of nitrogens with zero attached hydrogens (tertiary/aromatic N) is 3. The van der Waals surface area contributed by atoms with Gasteiger partial charge in [0.15, 0.2) is 11.5 Å². The molecule has 0 unspecified atom stereocenters. The van der Waals surface area contributed by atoms with Gasteiger partial charge in [-0.3, -0.25) is 9.69 Å². The quantitative estimate of drug-likeness (QED) is 0.108. The lowest BCUT2D eigenvalue weighted by atomic mass is 10.1. The molecule has 1 amide bonds. The number of amides is 1. The van der Waals surface area contributed by atoms with Gasteiger partial charge in [-0.15, -0.1) is 0 Å². The average molecular weight is 704 g/mol. The predicted molar refractivity (Wildman–Crippen MR) is 201 cm³/mol. The lowest BCUT2D eigenvalue weighted by Gasteiger charge is -2.34. The molecule has 5 aromatic rings. The van der Waals surface area contributed by atoms with E-state index in [0.29, 0.717) is 54.5 Å². The van der Waals surface area contributed by atoms with E-state index < -0.39 is 0 Å². The highest BCUT2D eigenvalue weighted by atomic mass is 35.5. The van der Waals surface area contributed by atoms with E-state index in [1.165, 1.54) is 16.7 Å². The van der Waals surface area contributed by atoms with Gasteiger partial charge < -0.3 is 23.8 Å². The zero-order valence-electron chi connectivity index (χ0n) is 29.0. The van der Waals surface area contributed by atoms with Gasteiger partial charge >= 0.3 is 0 Å². The fourth-order valence-corrected chi connectivity index (χ4v) is 5.85. The molecule has 0 bridgehead atoms. The number of pyridine rings is 1. The highest BCUT2D eigenvalue weighted by Crippen LogP contribution is 2.32. The fourth-order valence-electron chi connectivity index (χ4n) is 5.66.